The topological polar surface area (TPSA) is 76.6 Å². The van der Waals surface area contributed by atoms with E-state index in [-0.39, 0.29) is 5.56 Å². The highest BCUT2D eigenvalue weighted by Gasteiger charge is 2.18. The molecule has 6 aromatic rings. The molecule has 0 fully saturated rings. The highest BCUT2D eigenvalue weighted by Crippen LogP contribution is 2.34. The van der Waals surface area contributed by atoms with Gasteiger partial charge in [-0.2, -0.15) is 14.3 Å². The van der Waals surface area contributed by atoms with Crippen LogP contribution in [0.3, 0.4) is 0 Å². The molecule has 4 aromatic carbocycles. The predicted molar refractivity (Wildman–Crippen MR) is 153 cm³/mol. The fraction of sp³-hybridized carbons (Fsp3) is 0.0345. The highest BCUT2D eigenvalue weighted by atomic mass is 35.5. The molecule has 2 heterocycles. The smallest absolute Gasteiger partial charge is 0.283 e. The van der Waals surface area contributed by atoms with E-state index in [0.29, 0.717) is 44.7 Å². The minimum Gasteiger partial charge on any atom is -0.353 e. The summed E-state index contributed by atoms with van der Waals surface area (Å²) in [6, 6.07) is 30.0. The average Bonchev–Trinajstić information content (AvgIpc) is 3.28. The summed E-state index contributed by atoms with van der Waals surface area (Å²) in [5.41, 5.74) is 3.56. The van der Waals surface area contributed by atoms with Crippen molar-refractivity contribution in [3.63, 3.8) is 0 Å². The maximum absolute atomic E-state index is 13.3. The number of para-hydroxylation sites is 3. The fourth-order valence-corrected chi connectivity index (χ4v) is 4.72. The third-order valence-corrected chi connectivity index (χ3v) is 6.73. The molecule has 38 heavy (non-hydrogen) atoms. The Hall–Kier alpha value is -4.46. The molecule has 7 nitrogen and oxygen atoms in total. The molecule has 9 heteroatoms. The second kappa shape index (κ2) is 10.1. The van der Waals surface area contributed by atoms with E-state index in [2.05, 4.69) is 10.4 Å². The number of benzene rings is 4. The molecule has 0 aliphatic rings. The van der Waals surface area contributed by atoms with E-state index < -0.39 is 0 Å². The molecule has 0 saturated carbocycles. The fourth-order valence-electron chi connectivity index (χ4n) is 4.22. The van der Waals surface area contributed by atoms with E-state index in [1.807, 2.05) is 66.7 Å². The molecule has 186 valence electrons. The lowest BCUT2D eigenvalue weighted by molar-refractivity contribution is 0.810. The monoisotopic (exact) mass is 538 g/mol. The van der Waals surface area contributed by atoms with E-state index in [4.69, 9.17) is 33.3 Å². The van der Waals surface area contributed by atoms with Gasteiger partial charge in [0, 0.05) is 12.1 Å². The van der Waals surface area contributed by atoms with E-state index in [0.717, 1.165) is 16.8 Å². The van der Waals surface area contributed by atoms with Gasteiger partial charge < -0.3 is 5.32 Å². The van der Waals surface area contributed by atoms with Crippen LogP contribution >= 0.6 is 23.2 Å². The zero-order valence-corrected chi connectivity index (χ0v) is 21.4. The molecule has 0 spiro atoms. The number of nitrogens with zero attached hydrogens (tertiary/aromatic N) is 5. The van der Waals surface area contributed by atoms with Crippen molar-refractivity contribution < 1.29 is 0 Å². The maximum Gasteiger partial charge on any atom is 0.283 e. The Morgan fingerprint density at radius 3 is 2.37 bits per heavy atom. The van der Waals surface area contributed by atoms with Crippen molar-refractivity contribution in [1.82, 2.24) is 19.3 Å². The molecule has 1 N–H and O–H groups in total. The summed E-state index contributed by atoms with van der Waals surface area (Å²) in [6.45, 7) is 0. The van der Waals surface area contributed by atoms with Crippen LogP contribution in [0.25, 0.3) is 16.7 Å². The summed E-state index contributed by atoms with van der Waals surface area (Å²) in [7, 11) is 0. The zero-order chi connectivity index (χ0) is 26.1. The molecule has 6 rings (SSSR count). The quantitative estimate of drug-likeness (QED) is 0.243. The first kappa shape index (κ1) is 23.9. The molecule has 2 aromatic heterocycles. The molecule has 0 aliphatic carbocycles. The predicted octanol–water partition coefficient (Wildman–Crippen LogP) is 6.57. The van der Waals surface area contributed by atoms with Gasteiger partial charge in [-0.1, -0.05) is 89.9 Å². The second-order valence-corrected chi connectivity index (χ2v) is 9.40. The third kappa shape index (κ3) is 4.53. The molecular weight excluding hydrogens is 519 g/mol. The van der Waals surface area contributed by atoms with Gasteiger partial charge in [-0.25, -0.2) is 4.98 Å². The van der Waals surface area contributed by atoms with Crippen LogP contribution in [0.15, 0.2) is 107 Å². The SMILES string of the molecule is O=c1c2ccccc2nc2n(/N=C/c3ccccc3)c(Cc3ccccc3Nc3c(Cl)cccc3Cl)nn12. The van der Waals surface area contributed by atoms with Crippen molar-refractivity contribution in [2.45, 2.75) is 6.42 Å². The number of fused-ring (bicyclic) bond motifs is 2. The molecule has 0 aliphatic heterocycles. The van der Waals surface area contributed by atoms with Crippen LogP contribution in [0.1, 0.15) is 17.0 Å². The number of aromatic nitrogens is 4. The van der Waals surface area contributed by atoms with Gasteiger partial charge in [-0.15, -0.1) is 5.10 Å². The van der Waals surface area contributed by atoms with Crippen molar-refractivity contribution in [2.75, 3.05) is 5.32 Å². The Bertz CT molecular complexity index is 1860. The summed E-state index contributed by atoms with van der Waals surface area (Å²) in [6.07, 6.45) is 2.08. The van der Waals surface area contributed by atoms with Gasteiger partial charge >= 0.3 is 0 Å². The molecule has 0 saturated heterocycles. The number of hydrogen-bond acceptors (Lipinski definition) is 5. The van der Waals surface area contributed by atoms with Crippen LogP contribution in [0, 0.1) is 0 Å². The van der Waals surface area contributed by atoms with Gasteiger partial charge in [0.15, 0.2) is 5.82 Å². The summed E-state index contributed by atoms with van der Waals surface area (Å²) >= 11 is 12.8. The molecule has 0 unspecified atom stereocenters. The Balaban J connectivity index is 1.49. The molecule has 0 amide bonds. The van der Waals surface area contributed by atoms with Crippen molar-refractivity contribution in [3.8, 4) is 0 Å². The number of hydrogen-bond donors (Lipinski definition) is 1. The number of anilines is 2. The van der Waals surface area contributed by atoms with E-state index in [1.54, 1.807) is 41.2 Å². The Morgan fingerprint density at radius 2 is 1.55 bits per heavy atom. The van der Waals surface area contributed by atoms with Crippen LogP contribution in [0.5, 0.6) is 0 Å². The van der Waals surface area contributed by atoms with Gasteiger partial charge in [0.2, 0.25) is 0 Å². The summed E-state index contributed by atoms with van der Waals surface area (Å²) < 4.78 is 2.92. The largest absolute Gasteiger partial charge is 0.353 e. The van der Waals surface area contributed by atoms with Crippen molar-refractivity contribution >= 4 is 57.5 Å². The Morgan fingerprint density at radius 1 is 0.842 bits per heavy atom. The summed E-state index contributed by atoms with van der Waals surface area (Å²) in [5, 5.41) is 14.2. The van der Waals surface area contributed by atoms with Crippen LogP contribution in [0.4, 0.5) is 11.4 Å². The van der Waals surface area contributed by atoms with Crippen LogP contribution in [-0.2, 0) is 6.42 Å². The van der Waals surface area contributed by atoms with Crippen molar-refractivity contribution in [1.29, 1.82) is 0 Å². The summed E-state index contributed by atoms with van der Waals surface area (Å²) in [5.74, 6) is 0.868. The van der Waals surface area contributed by atoms with Gasteiger partial charge in [0.25, 0.3) is 11.3 Å². The number of nitrogens with one attached hydrogen (secondary N) is 1. The lowest BCUT2D eigenvalue weighted by Gasteiger charge is -2.14. The maximum atomic E-state index is 13.3. The average molecular weight is 539 g/mol. The lowest BCUT2D eigenvalue weighted by Crippen LogP contribution is -2.16. The van der Waals surface area contributed by atoms with Crippen LogP contribution in [-0.4, -0.2) is 25.5 Å². The van der Waals surface area contributed by atoms with E-state index in [9.17, 15) is 4.79 Å². The standard InChI is InChI=1S/C29H20Cl2N6O/c30-22-13-8-14-23(31)27(22)33-24-15-6-4-11-20(24)17-26-35-37-28(38)21-12-5-7-16-25(21)34-29(37)36(26)32-18-19-9-2-1-3-10-19/h1-16,18,33H,17H2/b32-18+. The molecular formula is C29H20Cl2N6O. The Labute approximate surface area is 227 Å². The molecule has 0 bridgehead atoms. The molecule has 0 atom stereocenters. The first-order chi connectivity index (χ1) is 18.6. The van der Waals surface area contributed by atoms with E-state index in [1.165, 1.54) is 4.52 Å². The molecule has 0 radical (unpaired) electrons. The third-order valence-electron chi connectivity index (χ3n) is 6.10. The number of halogens is 2. The zero-order valence-electron chi connectivity index (χ0n) is 19.9. The normalized spacial score (nSPS) is 11.5. The van der Waals surface area contributed by atoms with Gasteiger partial charge in [-0.05, 0) is 41.5 Å². The second-order valence-electron chi connectivity index (χ2n) is 8.58. The first-order valence-corrected chi connectivity index (χ1v) is 12.6. The minimum atomic E-state index is -0.255. The van der Waals surface area contributed by atoms with Gasteiger partial charge in [0.1, 0.15) is 0 Å². The van der Waals surface area contributed by atoms with E-state index >= 15 is 0 Å². The minimum absolute atomic E-state index is 0.255. The lowest BCUT2D eigenvalue weighted by atomic mass is 10.1. The van der Waals surface area contributed by atoms with Crippen LogP contribution in [0.2, 0.25) is 10.0 Å². The number of rotatable bonds is 6. The first-order valence-electron chi connectivity index (χ1n) is 11.9. The summed E-state index contributed by atoms with van der Waals surface area (Å²) in [4.78, 5) is 18.0. The Kier molecular flexibility index (Phi) is 6.37. The highest BCUT2D eigenvalue weighted by molar-refractivity contribution is 6.39. The van der Waals surface area contributed by atoms with Crippen molar-refractivity contribution in [3.05, 3.63) is 134 Å². The van der Waals surface area contributed by atoms with Crippen LogP contribution < -0.4 is 10.9 Å². The van der Waals surface area contributed by atoms with Crippen molar-refractivity contribution in [2.24, 2.45) is 5.10 Å². The van der Waals surface area contributed by atoms with Gasteiger partial charge in [-0.3, -0.25) is 4.79 Å². The van der Waals surface area contributed by atoms with Gasteiger partial charge in [0.05, 0.1) is 32.9 Å².